The number of nitrogens with one attached hydrogen (secondary N) is 3. The molecule has 3 aromatic heterocycles. The van der Waals surface area contributed by atoms with Gasteiger partial charge in [-0.3, -0.25) is 0 Å². The quantitative estimate of drug-likeness (QED) is 0.587. The molecule has 0 amide bonds. The summed E-state index contributed by atoms with van der Waals surface area (Å²) in [5.74, 6) is 1.44. The Bertz CT molecular complexity index is 610. The van der Waals surface area contributed by atoms with Crippen LogP contribution >= 0.6 is 0 Å². The van der Waals surface area contributed by atoms with Gasteiger partial charge in [-0.15, -0.1) is 0 Å². The molecule has 3 rings (SSSR count). The first-order valence-corrected chi connectivity index (χ1v) is 4.77. The van der Waals surface area contributed by atoms with Crippen molar-refractivity contribution in [3.63, 3.8) is 0 Å². The van der Waals surface area contributed by atoms with Gasteiger partial charge in [-0.2, -0.15) is 15.4 Å². The number of hydrogen-bond donors (Lipinski definition) is 3. The van der Waals surface area contributed by atoms with E-state index in [9.17, 15) is 0 Å². The summed E-state index contributed by atoms with van der Waals surface area (Å²) in [5.41, 5.74) is 2.20. The van der Waals surface area contributed by atoms with Crippen LogP contribution in [0.4, 0.5) is 5.82 Å². The zero-order valence-electron chi connectivity index (χ0n) is 8.52. The second-order valence-corrected chi connectivity index (χ2v) is 3.26. The number of anilines is 1. The minimum absolute atomic E-state index is 0.657. The fraction of sp³-hybridized carbons (Fsp3) is 0.111. The molecule has 0 spiro atoms. The van der Waals surface area contributed by atoms with Crippen molar-refractivity contribution in [2.24, 2.45) is 0 Å². The van der Waals surface area contributed by atoms with Crippen LogP contribution in [0.25, 0.3) is 22.7 Å². The molecule has 0 aliphatic heterocycles. The molecule has 16 heavy (non-hydrogen) atoms. The summed E-state index contributed by atoms with van der Waals surface area (Å²) < 4.78 is 0. The number of nitrogens with zero attached hydrogens (tertiary/aromatic N) is 4. The van der Waals surface area contributed by atoms with Gasteiger partial charge in [0.05, 0.1) is 11.7 Å². The Kier molecular flexibility index (Phi) is 1.82. The second-order valence-electron chi connectivity index (χ2n) is 3.26. The molecule has 0 saturated carbocycles. The summed E-state index contributed by atoms with van der Waals surface area (Å²) in [5, 5.41) is 13.2. The van der Waals surface area contributed by atoms with E-state index in [4.69, 9.17) is 0 Å². The van der Waals surface area contributed by atoms with Gasteiger partial charge in [0.2, 0.25) is 0 Å². The molecule has 0 fully saturated rings. The predicted octanol–water partition coefficient (Wildman–Crippen LogP) is 0.785. The third-order valence-corrected chi connectivity index (χ3v) is 2.26. The molecule has 0 aliphatic rings. The van der Waals surface area contributed by atoms with Crippen LogP contribution in [0, 0.1) is 0 Å². The van der Waals surface area contributed by atoms with E-state index >= 15 is 0 Å². The minimum Gasteiger partial charge on any atom is -0.373 e. The molecule has 0 atom stereocenters. The molecule has 3 aromatic rings. The predicted molar refractivity (Wildman–Crippen MR) is 58.8 cm³/mol. The zero-order chi connectivity index (χ0) is 11.0. The lowest BCUT2D eigenvalue weighted by Crippen LogP contribution is -1.91. The highest BCUT2D eigenvalue weighted by Crippen LogP contribution is 2.17. The maximum atomic E-state index is 4.33. The summed E-state index contributed by atoms with van der Waals surface area (Å²) in [6.07, 6.45) is 1.61. The van der Waals surface area contributed by atoms with Crippen LogP contribution in [0.1, 0.15) is 0 Å². The summed E-state index contributed by atoms with van der Waals surface area (Å²) in [4.78, 5) is 11.8. The van der Waals surface area contributed by atoms with Gasteiger partial charge >= 0.3 is 0 Å². The van der Waals surface area contributed by atoms with Crippen molar-refractivity contribution < 1.29 is 0 Å². The molecule has 0 saturated heterocycles. The highest BCUT2D eigenvalue weighted by molar-refractivity contribution is 5.76. The van der Waals surface area contributed by atoms with Crippen LogP contribution in [0.3, 0.4) is 0 Å². The summed E-state index contributed by atoms with van der Waals surface area (Å²) >= 11 is 0. The van der Waals surface area contributed by atoms with Gasteiger partial charge in [0.1, 0.15) is 11.5 Å². The van der Waals surface area contributed by atoms with E-state index in [1.54, 1.807) is 6.20 Å². The lowest BCUT2D eigenvalue weighted by atomic mass is 10.4. The first kappa shape index (κ1) is 8.84. The Labute approximate surface area is 90.3 Å². The molecule has 7 heteroatoms. The van der Waals surface area contributed by atoms with Gasteiger partial charge in [0.25, 0.3) is 0 Å². The Balaban J connectivity index is 2.16. The maximum absolute atomic E-state index is 4.33. The smallest absolute Gasteiger partial charge is 0.180 e. The van der Waals surface area contributed by atoms with E-state index in [-0.39, 0.29) is 0 Å². The molecular formula is C9H9N7. The number of fused-ring (bicyclic) bond motifs is 1. The second kappa shape index (κ2) is 3.30. The number of rotatable bonds is 2. The van der Waals surface area contributed by atoms with Crippen molar-refractivity contribution in [2.75, 3.05) is 12.4 Å². The molecule has 0 aromatic carbocycles. The molecule has 0 radical (unpaired) electrons. The van der Waals surface area contributed by atoms with Crippen LogP contribution in [-0.2, 0) is 0 Å². The third kappa shape index (κ3) is 1.29. The van der Waals surface area contributed by atoms with Crippen LogP contribution in [0.15, 0.2) is 18.3 Å². The topological polar surface area (TPSA) is 95.2 Å². The van der Waals surface area contributed by atoms with Gasteiger partial charge in [0, 0.05) is 7.05 Å². The van der Waals surface area contributed by atoms with Gasteiger partial charge in [0.15, 0.2) is 11.5 Å². The lowest BCUT2D eigenvalue weighted by Gasteiger charge is -1.95. The van der Waals surface area contributed by atoms with Crippen molar-refractivity contribution in [2.45, 2.75) is 0 Å². The van der Waals surface area contributed by atoms with Gasteiger partial charge in [-0.1, -0.05) is 0 Å². The van der Waals surface area contributed by atoms with Crippen molar-refractivity contribution in [3.05, 3.63) is 18.3 Å². The van der Waals surface area contributed by atoms with Gasteiger partial charge in [-0.25, -0.2) is 9.97 Å². The summed E-state index contributed by atoms with van der Waals surface area (Å²) in [6.45, 7) is 0. The van der Waals surface area contributed by atoms with Crippen molar-refractivity contribution in [3.8, 4) is 11.5 Å². The third-order valence-electron chi connectivity index (χ3n) is 2.26. The van der Waals surface area contributed by atoms with E-state index in [0.717, 1.165) is 11.3 Å². The number of H-pyrrole nitrogens is 2. The zero-order valence-corrected chi connectivity index (χ0v) is 8.52. The van der Waals surface area contributed by atoms with E-state index in [0.29, 0.717) is 17.2 Å². The molecule has 0 aliphatic carbocycles. The minimum atomic E-state index is 0.657. The first-order valence-electron chi connectivity index (χ1n) is 4.77. The van der Waals surface area contributed by atoms with Crippen LogP contribution in [0.2, 0.25) is 0 Å². The molecule has 3 N–H and O–H groups in total. The highest BCUT2D eigenvalue weighted by atomic mass is 15.3. The normalized spacial score (nSPS) is 10.8. The molecule has 0 unspecified atom stereocenters. The van der Waals surface area contributed by atoms with E-state index < -0.39 is 0 Å². The molecule has 3 heterocycles. The Morgan fingerprint density at radius 2 is 2.19 bits per heavy atom. The largest absolute Gasteiger partial charge is 0.373 e. The number of hydrogen-bond acceptors (Lipinski definition) is 5. The number of aromatic nitrogens is 6. The van der Waals surface area contributed by atoms with E-state index in [1.807, 2.05) is 19.2 Å². The maximum Gasteiger partial charge on any atom is 0.180 e. The van der Waals surface area contributed by atoms with Crippen molar-refractivity contribution in [1.82, 2.24) is 30.4 Å². The number of pyridine rings is 1. The average Bonchev–Trinajstić information content (AvgIpc) is 2.96. The fourth-order valence-corrected chi connectivity index (χ4v) is 1.47. The SMILES string of the molecule is CNc1ccc2[nH]c(-c3cn[nH]n3)nc2n1. The van der Waals surface area contributed by atoms with Crippen LogP contribution in [-0.4, -0.2) is 37.4 Å². The molecule has 80 valence electrons. The Morgan fingerprint density at radius 1 is 1.25 bits per heavy atom. The number of aromatic amines is 2. The van der Waals surface area contributed by atoms with Crippen LogP contribution < -0.4 is 5.32 Å². The van der Waals surface area contributed by atoms with E-state index in [1.165, 1.54) is 0 Å². The van der Waals surface area contributed by atoms with Crippen LogP contribution in [0.5, 0.6) is 0 Å². The average molecular weight is 215 g/mol. The summed E-state index contributed by atoms with van der Waals surface area (Å²) in [7, 11) is 1.82. The molecule has 7 nitrogen and oxygen atoms in total. The van der Waals surface area contributed by atoms with Gasteiger partial charge in [-0.05, 0) is 12.1 Å². The molecule has 0 bridgehead atoms. The van der Waals surface area contributed by atoms with E-state index in [2.05, 4.69) is 35.7 Å². The van der Waals surface area contributed by atoms with Crippen molar-refractivity contribution >= 4 is 17.0 Å². The standard InChI is InChI=1S/C9H9N7/c1-10-7-3-2-5-8(13-7)14-9(12-5)6-4-11-16-15-6/h2-4H,1H3,(H,11,15,16)(H2,10,12,13,14). The monoisotopic (exact) mass is 215 g/mol. The lowest BCUT2D eigenvalue weighted by molar-refractivity contribution is 0.940. The Hall–Kier alpha value is -2.44. The van der Waals surface area contributed by atoms with Gasteiger partial charge < -0.3 is 10.3 Å². The highest BCUT2D eigenvalue weighted by Gasteiger charge is 2.08. The molecular weight excluding hydrogens is 206 g/mol. The van der Waals surface area contributed by atoms with Crippen molar-refractivity contribution in [1.29, 1.82) is 0 Å². The fourth-order valence-electron chi connectivity index (χ4n) is 1.47. The Morgan fingerprint density at radius 3 is 2.94 bits per heavy atom. The summed E-state index contributed by atoms with van der Waals surface area (Å²) in [6, 6.07) is 3.80. The number of imidazole rings is 1. The first-order chi connectivity index (χ1) is 7.86.